The Morgan fingerprint density at radius 1 is 1.07 bits per heavy atom. The van der Waals surface area contributed by atoms with Crippen molar-refractivity contribution in [3.05, 3.63) is 55.3 Å². The minimum atomic E-state index is 0.840. The van der Waals surface area contributed by atoms with Gasteiger partial charge in [-0.3, -0.25) is 4.90 Å². The van der Waals surface area contributed by atoms with Crippen molar-refractivity contribution in [2.45, 2.75) is 6.92 Å². The van der Waals surface area contributed by atoms with Gasteiger partial charge in [-0.1, -0.05) is 25.6 Å². The van der Waals surface area contributed by atoms with Gasteiger partial charge in [-0.15, -0.1) is 0 Å². The lowest BCUT2D eigenvalue weighted by Crippen LogP contribution is -2.46. The van der Waals surface area contributed by atoms with Crippen LogP contribution in [0.2, 0.25) is 0 Å². The monoisotopic (exact) mass is 376 g/mol. The van der Waals surface area contributed by atoms with Crippen molar-refractivity contribution in [3.8, 4) is 11.3 Å². The molecule has 0 spiro atoms. The lowest BCUT2D eigenvalue weighted by atomic mass is 10.1. The van der Waals surface area contributed by atoms with Gasteiger partial charge in [0.25, 0.3) is 0 Å². The first kappa shape index (κ1) is 18.7. The molecule has 1 saturated heterocycles. The molecule has 1 aromatic carbocycles. The Morgan fingerprint density at radius 3 is 2.57 bits per heavy atom. The first-order valence-electron chi connectivity index (χ1n) is 9.88. The van der Waals surface area contributed by atoms with Crippen LogP contribution >= 0.6 is 0 Å². The third kappa shape index (κ3) is 4.08. The highest BCUT2D eigenvalue weighted by Gasteiger charge is 2.16. The normalized spacial score (nSPS) is 15.8. The second-order valence-corrected chi connectivity index (χ2v) is 7.46. The maximum absolute atomic E-state index is 4.56. The molecule has 0 saturated carbocycles. The van der Waals surface area contributed by atoms with Crippen molar-refractivity contribution < 1.29 is 0 Å². The van der Waals surface area contributed by atoms with Gasteiger partial charge in [-0.25, -0.2) is 9.97 Å². The van der Waals surface area contributed by atoms with Crippen LogP contribution in [0.1, 0.15) is 6.92 Å². The number of hydrogen-bond donors (Lipinski definition) is 1. The second-order valence-electron chi connectivity index (χ2n) is 7.46. The van der Waals surface area contributed by atoms with E-state index in [9.17, 15) is 0 Å². The summed E-state index contributed by atoms with van der Waals surface area (Å²) in [6.45, 7) is 12.9. The number of aromatic nitrogens is 3. The Kier molecular flexibility index (Phi) is 5.41. The molecule has 6 heteroatoms. The highest BCUT2D eigenvalue weighted by molar-refractivity contribution is 5.88. The number of hydrogen-bond acceptors (Lipinski definition) is 5. The molecule has 2 aromatic heterocycles. The predicted octanol–water partition coefficient (Wildman–Crippen LogP) is 3.20. The minimum absolute atomic E-state index is 0.840. The van der Waals surface area contributed by atoms with Gasteiger partial charge in [0.05, 0.1) is 18.2 Å². The summed E-state index contributed by atoms with van der Waals surface area (Å²) in [5.74, 6) is 0.840. The van der Waals surface area contributed by atoms with Crippen LogP contribution in [0, 0.1) is 0 Å². The van der Waals surface area contributed by atoms with Crippen molar-refractivity contribution >= 4 is 16.6 Å². The van der Waals surface area contributed by atoms with Gasteiger partial charge < -0.3 is 14.8 Å². The van der Waals surface area contributed by atoms with Crippen LogP contribution in [-0.4, -0.2) is 63.6 Å². The van der Waals surface area contributed by atoms with Gasteiger partial charge in [0.15, 0.2) is 0 Å². The fourth-order valence-electron chi connectivity index (χ4n) is 3.76. The topological polar surface area (TPSA) is 49.2 Å². The van der Waals surface area contributed by atoms with E-state index in [1.54, 1.807) is 0 Å². The molecule has 3 heterocycles. The van der Waals surface area contributed by atoms with E-state index in [-0.39, 0.29) is 0 Å². The first-order chi connectivity index (χ1) is 13.6. The zero-order chi connectivity index (χ0) is 19.5. The molecule has 0 aliphatic carbocycles. The fraction of sp³-hybridized carbons (Fsp3) is 0.364. The summed E-state index contributed by atoms with van der Waals surface area (Å²) in [7, 11) is 2.01. The third-order valence-electron chi connectivity index (χ3n) is 5.47. The largest absolute Gasteiger partial charge is 0.343 e. The molecular formula is C22H28N6. The molecule has 6 nitrogen and oxygen atoms in total. The molecule has 0 atom stereocenters. The molecule has 1 fully saturated rings. The smallest absolute Gasteiger partial charge is 0.130 e. The van der Waals surface area contributed by atoms with Crippen molar-refractivity contribution in [2.24, 2.45) is 7.05 Å². The Balaban J connectivity index is 1.45. The van der Waals surface area contributed by atoms with Gasteiger partial charge in [-0.05, 0) is 24.1 Å². The van der Waals surface area contributed by atoms with Crippen LogP contribution in [0.15, 0.2) is 55.3 Å². The number of likely N-dealkylation sites (N-methyl/N-ethyl adjacent to an activating group) is 1. The predicted molar refractivity (Wildman–Crippen MR) is 115 cm³/mol. The summed E-state index contributed by atoms with van der Waals surface area (Å²) in [6, 6.07) is 8.50. The first-order valence-corrected chi connectivity index (χ1v) is 9.88. The number of nitrogens with one attached hydrogen (secondary N) is 1. The SMILES string of the molecule is C=C(CN1CCN(CC)CC1)Nc1cc2cc(-c3cncn3C)ccc2cn1. The number of benzene rings is 1. The number of anilines is 1. The molecule has 1 aliphatic rings. The molecule has 28 heavy (non-hydrogen) atoms. The quantitative estimate of drug-likeness (QED) is 0.716. The number of pyridine rings is 1. The highest BCUT2D eigenvalue weighted by atomic mass is 15.3. The second kappa shape index (κ2) is 8.12. The minimum Gasteiger partial charge on any atom is -0.343 e. The molecule has 4 rings (SSSR count). The summed E-state index contributed by atoms with van der Waals surface area (Å²) in [5.41, 5.74) is 3.24. The summed E-state index contributed by atoms with van der Waals surface area (Å²) in [6.07, 6.45) is 5.63. The summed E-state index contributed by atoms with van der Waals surface area (Å²) < 4.78 is 2.03. The number of aryl methyl sites for hydroxylation is 1. The molecule has 0 unspecified atom stereocenters. The fourth-order valence-corrected chi connectivity index (χ4v) is 3.76. The van der Waals surface area contributed by atoms with E-state index in [0.717, 1.165) is 72.8 Å². The van der Waals surface area contributed by atoms with E-state index in [2.05, 4.69) is 62.9 Å². The number of imidazole rings is 1. The van der Waals surface area contributed by atoms with Crippen LogP contribution in [0.4, 0.5) is 5.82 Å². The molecule has 1 aliphatic heterocycles. The van der Waals surface area contributed by atoms with E-state index < -0.39 is 0 Å². The van der Waals surface area contributed by atoms with Crippen molar-refractivity contribution in [3.63, 3.8) is 0 Å². The van der Waals surface area contributed by atoms with E-state index in [1.165, 1.54) is 0 Å². The number of nitrogens with zero attached hydrogens (tertiary/aromatic N) is 5. The average Bonchev–Trinajstić information content (AvgIpc) is 3.14. The third-order valence-corrected chi connectivity index (χ3v) is 5.47. The molecule has 3 aromatic rings. The van der Waals surface area contributed by atoms with E-state index in [4.69, 9.17) is 0 Å². The number of fused-ring (bicyclic) bond motifs is 1. The Labute approximate surface area is 166 Å². The molecular weight excluding hydrogens is 348 g/mol. The Morgan fingerprint density at radius 2 is 1.86 bits per heavy atom. The standard InChI is InChI=1S/C22H28N6/c1-4-27-7-9-28(10-8-27)15-17(2)25-22-12-20-11-18(5-6-19(20)13-24-22)21-14-23-16-26(21)3/h5-6,11-14,16H,2,4,7-10,15H2,1,3H3,(H,24,25). The van der Waals surface area contributed by atoms with E-state index in [0.29, 0.717) is 0 Å². The number of rotatable bonds is 6. The highest BCUT2D eigenvalue weighted by Crippen LogP contribution is 2.25. The van der Waals surface area contributed by atoms with Crippen LogP contribution in [0.25, 0.3) is 22.0 Å². The van der Waals surface area contributed by atoms with Gasteiger partial charge in [-0.2, -0.15) is 0 Å². The average molecular weight is 377 g/mol. The number of piperazine rings is 1. The molecule has 1 N–H and O–H groups in total. The maximum atomic E-state index is 4.56. The lowest BCUT2D eigenvalue weighted by molar-refractivity contribution is 0.146. The molecule has 146 valence electrons. The van der Waals surface area contributed by atoms with Crippen LogP contribution < -0.4 is 5.32 Å². The molecule has 0 bridgehead atoms. The maximum Gasteiger partial charge on any atom is 0.130 e. The van der Waals surface area contributed by atoms with Gasteiger partial charge >= 0.3 is 0 Å². The van der Waals surface area contributed by atoms with Crippen molar-refractivity contribution in [2.75, 3.05) is 44.6 Å². The van der Waals surface area contributed by atoms with E-state index in [1.807, 2.05) is 30.3 Å². The molecule has 0 radical (unpaired) electrons. The Bertz CT molecular complexity index is 968. The summed E-state index contributed by atoms with van der Waals surface area (Å²) in [5, 5.41) is 5.67. The lowest BCUT2D eigenvalue weighted by Gasteiger charge is -2.34. The van der Waals surface area contributed by atoms with Crippen LogP contribution in [-0.2, 0) is 7.05 Å². The van der Waals surface area contributed by atoms with Gasteiger partial charge in [0.2, 0.25) is 0 Å². The van der Waals surface area contributed by atoms with Crippen molar-refractivity contribution in [1.82, 2.24) is 24.3 Å². The van der Waals surface area contributed by atoms with Crippen molar-refractivity contribution in [1.29, 1.82) is 0 Å². The van der Waals surface area contributed by atoms with Gasteiger partial charge in [0.1, 0.15) is 5.82 Å². The van der Waals surface area contributed by atoms with Gasteiger partial charge in [0, 0.05) is 62.6 Å². The zero-order valence-corrected chi connectivity index (χ0v) is 16.7. The van der Waals surface area contributed by atoms with E-state index >= 15 is 0 Å². The Hall–Kier alpha value is -2.70. The van der Waals surface area contributed by atoms with Crippen LogP contribution in [0.5, 0.6) is 0 Å². The molecule has 0 amide bonds. The summed E-state index contributed by atoms with van der Waals surface area (Å²) in [4.78, 5) is 13.7. The summed E-state index contributed by atoms with van der Waals surface area (Å²) >= 11 is 0. The van der Waals surface area contributed by atoms with Crippen LogP contribution in [0.3, 0.4) is 0 Å². The zero-order valence-electron chi connectivity index (χ0n) is 16.7.